The van der Waals surface area contributed by atoms with Crippen molar-refractivity contribution in [3.8, 4) is 11.5 Å². The predicted octanol–water partition coefficient (Wildman–Crippen LogP) is 1.27. The van der Waals surface area contributed by atoms with E-state index in [2.05, 4.69) is 0 Å². The molecular weight excluding hydrogens is 434 g/mol. The normalized spacial score (nSPS) is 24.0. The number of primary amides is 1. The van der Waals surface area contributed by atoms with Gasteiger partial charge in [-0.2, -0.15) is 0 Å². The van der Waals surface area contributed by atoms with Gasteiger partial charge in [0, 0.05) is 17.0 Å². The van der Waals surface area contributed by atoms with E-state index in [4.69, 9.17) is 20.9 Å². The summed E-state index contributed by atoms with van der Waals surface area (Å²) in [5.41, 5.74) is 12.6. The number of thioether (sulfide) groups is 1. The van der Waals surface area contributed by atoms with Crippen molar-refractivity contribution in [1.82, 2.24) is 0 Å². The largest absolute Gasteiger partial charge is 0.495 e. The molecule has 2 aromatic rings. The Labute approximate surface area is 186 Å². The zero-order chi connectivity index (χ0) is 22.7. The standard InChI is InChI=1S/C22H17N3O6S/c1-30-13-7-6-9(18(23)26)8-11(13)25-20(27)15-14-10-4-2-3-5-12(10)31-22(29)16(14)19(24)32-17(15)21(25)28/h2-8,14-15,17H,24H2,1H3,(H2,23,26)/t14-,15+,17+/m0/s1. The molecule has 0 unspecified atom stereocenters. The topological polar surface area (TPSA) is 142 Å². The van der Waals surface area contributed by atoms with Crippen LogP contribution in [0.15, 0.2) is 53.1 Å². The summed E-state index contributed by atoms with van der Waals surface area (Å²) in [6.45, 7) is 0. The Morgan fingerprint density at radius 2 is 1.88 bits per heavy atom. The van der Waals surface area contributed by atoms with Crippen LogP contribution in [0.3, 0.4) is 0 Å². The first-order chi connectivity index (χ1) is 15.3. The van der Waals surface area contributed by atoms with Gasteiger partial charge in [-0.1, -0.05) is 30.0 Å². The second kappa shape index (κ2) is 7.13. The van der Waals surface area contributed by atoms with E-state index in [1.807, 2.05) is 0 Å². The van der Waals surface area contributed by atoms with E-state index in [1.165, 1.54) is 25.3 Å². The summed E-state index contributed by atoms with van der Waals surface area (Å²) < 4.78 is 10.7. The molecule has 0 radical (unpaired) electrons. The molecule has 0 spiro atoms. The Morgan fingerprint density at radius 3 is 2.59 bits per heavy atom. The van der Waals surface area contributed by atoms with Crippen LogP contribution in [-0.4, -0.2) is 36.1 Å². The number of rotatable bonds is 3. The van der Waals surface area contributed by atoms with Crippen molar-refractivity contribution in [3.63, 3.8) is 0 Å². The van der Waals surface area contributed by atoms with Gasteiger partial charge in [0.05, 0.1) is 29.3 Å². The van der Waals surface area contributed by atoms with Gasteiger partial charge in [0.1, 0.15) is 16.7 Å². The van der Waals surface area contributed by atoms with E-state index in [0.717, 1.165) is 16.7 Å². The van der Waals surface area contributed by atoms with Crippen LogP contribution in [-0.2, 0) is 14.4 Å². The minimum absolute atomic E-state index is 0.112. The molecular formula is C22H17N3O6S. The summed E-state index contributed by atoms with van der Waals surface area (Å²) in [5.74, 6) is -3.44. The summed E-state index contributed by atoms with van der Waals surface area (Å²) in [4.78, 5) is 52.5. The lowest BCUT2D eigenvalue weighted by Crippen LogP contribution is -2.39. The van der Waals surface area contributed by atoms with Crippen molar-refractivity contribution in [2.45, 2.75) is 11.2 Å². The highest BCUT2D eigenvalue weighted by atomic mass is 32.2. The number of anilines is 1. The summed E-state index contributed by atoms with van der Waals surface area (Å²) in [6, 6.07) is 11.1. The molecule has 162 valence electrons. The lowest BCUT2D eigenvalue weighted by molar-refractivity contribution is -0.131. The van der Waals surface area contributed by atoms with Crippen molar-refractivity contribution in [3.05, 3.63) is 64.2 Å². The zero-order valence-electron chi connectivity index (χ0n) is 16.7. The number of para-hydroxylation sites is 1. The molecule has 0 aliphatic carbocycles. The monoisotopic (exact) mass is 451 g/mol. The first-order valence-corrected chi connectivity index (χ1v) is 10.5. The number of carbonyl (C=O) groups excluding carboxylic acids is 4. The molecule has 3 atom stereocenters. The van der Waals surface area contributed by atoms with Crippen molar-refractivity contribution >= 4 is 41.1 Å². The number of fused-ring (bicyclic) bond motifs is 5. The third kappa shape index (κ3) is 2.72. The average Bonchev–Trinajstić information content (AvgIpc) is 3.02. The van der Waals surface area contributed by atoms with E-state index in [1.54, 1.807) is 24.3 Å². The molecule has 3 aliphatic rings. The molecule has 32 heavy (non-hydrogen) atoms. The third-order valence-corrected chi connectivity index (χ3v) is 7.09. The van der Waals surface area contributed by atoms with E-state index in [-0.39, 0.29) is 27.6 Å². The minimum Gasteiger partial charge on any atom is -0.495 e. The predicted molar refractivity (Wildman–Crippen MR) is 115 cm³/mol. The number of hydrogen-bond donors (Lipinski definition) is 2. The Bertz CT molecular complexity index is 1260. The minimum atomic E-state index is -0.884. The van der Waals surface area contributed by atoms with E-state index in [0.29, 0.717) is 11.3 Å². The van der Waals surface area contributed by atoms with Crippen LogP contribution in [0.4, 0.5) is 5.69 Å². The van der Waals surface area contributed by atoms with Gasteiger partial charge in [0.25, 0.3) is 0 Å². The highest BCUT2D eigenvalue weighted by Crippen LogP contribution is 2.55. The number of nitrogens with two attached hydrogens (primary N) is 2. The fraction of sp³-hybridized carbons (Fsp3) is 0.182. The number of imide groups is 1. The number of benzene rings is 2. The quantitative estimate of drug-likeness (QED) is 0.404. The second-order valence-electron chi connectivity index (χ2n) is 7.51. The Morgan fingerprint density at radius 1 is 1.12 bits per heavy atom. The highest BCUT2D eigenvalue weighted by molar-refractivity contribution is 8.04. The van der Waals surface area contributed by atoms with Crippen LogP contribution in [0.25, 0.3) is 0 Å². The maximum Gasteiger partial charge on any atom is 0.342 e. The SMILES string of the molecule is COc1ccc(C(N)=O)cc1N1C(=O)[C@H]2[C@@H](SC(N)=C3C(=O)Oc4ccccc4[C@H]32)C1=O. The third-order valence-electron chi connectivity index (χ3n) is 5.87. The lowest BCUT2D eigenvalue weighted by Gasteiger charge is -2.36. The van der Waals surface area contributed by atoms with Crippen LogP contribution < -0.4 is 25.8 Å². The number of carbonyl (C=O) groups is 4. The average molecular weight is 451 g/mol. The van der Waals surface area contributed by atoms with Crippen LogP contribution >= 0.6 is 11.8 Å². The molecule has 5 rings (SSSR count). The molecule has 10 heteroatoms. The van der Waals surface area contributed by atoms with Gasteiger partial charge in [-0.25, -0.2) is 9.69 Å². The van der Waals surface area contributed by atoms with Crippen molar-refractivity contribution in [2.75, 3.05) is 12.0 Å². The number of esters is 1. The molecule has 3 heterocycles. The van der Waals surface area contributed by atoms with E-state index < -0.39 is 40.8 Å². The number of ether oxygens (including phenoxy) is 2. The fourth-order valence-electron chi connectivity index (χ4n) is 4.46. The van der Waals surface area contributed by atoms with Crippen molar-refractivity contribution in [1.29, 1.82) is 0 Å². The summed E-state index contributed by atoms with van der Waals surface area (Å²) in [6.07, 6.45) is 0. The first-order valence-electron chi connectivity index (χ1n) is 9.66. The highest BCUT2D eigenvalue weighted by Gasteiger charge is 2.59. The van der Waals surface area contributed by atoms with Crippen molar-refractivity contribution in [2.24, 2.45) is 17.4 Å². The summed E-state index contributed by atoms with van der Waals surface area (Å²) in [5, 5.41) is -0.700. The lowest BCUT2D eigenvalue weighted by atomic mass is 9.77. The molecule has 1 fully saturated rings. The Balaban J connectivity index is 1.66. The zero-order valence-corrected chi connectivity index (χ0v) is 17.5. The number of amides is 3. The molecule has 3 aliphatic heterocycles. The van der Waals surface area contributed by atoms with Crippen molar-refractivity contribution < 1.29 is 28.7 Å². The van der Waals surface area contributed by atoms with Gasteiger partial charge < -0.3 is 20.9 Å². The molecule has 3 amide bonds. The molecule has 4 N–H and O–H groups in total. The molecule has 0 aromatic heterocycles. The van der Waals surface area contributed by atoms with Crippen LogP contribution in [0.5, 0.6) is 11.5 Å². The number of hydrogen-bond acceptors (Lipinski definition) is 8. The maximum atomic E-state index is 13.7. The van der Waals surface area contributed by atoms with Crippen LogP contribution in [0, 0.1) is 5.92 Å². The van der Waals surface area contributed by atoms with Crippen LogP contribution in [0.1, 0.15) is 21.8 Å². The molecule has 9 nitrogen and oxygen atoms in total. The maximum absolute atomic E-state index is 13.7. The van der Waals surface area contributed by atoms with Crippen LogP contribution in [0.2, 0.25) is 0 Å². The van der Waals surface area contributed by atoms with Gasteiger partial charge >= 0.3 is 5.97 Å². The number of methoxy groups -OCH3 is 1. The molecule has 0 saturated carbocycles. The van der Waals surface area contributed by atoms with Gasteiger partial charge in [-0.15, -0.1) is 0 Å². The fourth-order valence-corrected chi connectivity index (χ4v) is 5.70. The molecule has 0 bridgehead atoms. The summed E-state index contributed by atoms with van der Waals surface area (Å²) >= 11 is 0.967. The number of nitrogens with zero attached hydrogens (tertiary/aromatic N) is 1. The van der Waals surface area contributed by atoms with E-state index in [9.17, 15) is 19.2 Å². The first kappa shape index (κ1) is 20.1. The molecule has 2 aromatic carbocycles. The Hall–Kier alpha value is -3.79. The second-order valence-corrected chi connectivity index (χ2v) is 8.69. The summed E-state index contributed by atoms with van der Waals surface area (Å²) in [7, 11) is 1.39. The van der Waals surface area contributed by atoms with E-state index >= 15 is 0 Å². The van der Waals surface area contributed by atoms with Gasteiger partial charge in [-0.3, -0.25) is 14.4 Å². The Kier molecular flexibility index (Phi) is 4.48. The van der Waals surface area contributed by atoms with Gasteiger partial charge in [0.2, 0.25) is 17.7 Å². The van der Waals surface area contributed by atoms with Gasteiger partial charge in [0.15, 0.2) is 0 Å². The van der Waals surface area contributed by atoms with Gasteiger partial charge in [-0.05, 0) is 24.3 Å². The molecule has 1 saturated heterocycles. The smallest absolute Gasteiger partial charge is 0.342 e.